The van der Waals surface area contributed by atoms with Gasteiger partial charge in [0.1, 0.15) is 5.69 Å². The standard InChI is InChI=1S/C17H16N4O4/c1-21-12-6-7-25-14(12)8-13(21)17(24)19-9-15(22)20-11-4-2-10(3-5-11)16(18)23/h2-8H,9H2,1H3,(H2,18,23)(H,19,24)(H,20,22). The van der Waals surface area contributed by atoms with Gasteiger partial charge >= 0.3 is 0 Å². The number of rotatable bonds is 5. The number of nitrogens with one attached hydrogen (secondary N) is 2. The molecule has 0 aliphatic carbocycles. The average Bonchev–Trinajstić information content (AvgIpc) is 3.16. The van der Waals surface area contributed by atoms with Gasteiger partial charge in [0.05, 0.1) is 18.3 Å². The summed E-state index contributed by atoms with van der Waals surface area (Å²) in [6.07, 6.45) is 1.54. The van der Waals surface area contributed by atoms with E-state index in [0.29, 0.717) is 22.5 Å². The molecule has 0 spiro atoms. The normalized spacial score (nSPS) is 10.6. The van der Waals surface area contributed by atoms with Crippen molar-refractivity contribution in [3.05, 3.63) is 53.9 Å². The minimum atomic E-state index is -0.543. The highest BCUT2D eigenvalue weighted by Crippen LogP contribution is 2.19. The molecule has 3 rings (SSSR count). The van der Waals surface area contributed by atoms with E-state index in [1.165, 1.54) is 12.1 Å². The summed E-state index contributed by atoms with van der Waals surface area (Å²) in [7, 11) is 1.74. The number of aromatic nitrogens is 1. The number of hydrogen-bond acceptors (Lipinski definition) is 4. The van der Waals surface area contributed by atoms with Gasteiger partial charge in [0.25, 0.3) is 5.91 Å². The molecule has 8 nitrogen and oxygen atoms in total. The fourth-order valence-corrected chi connectivity index (χ4v) is 2.44. The number of carbonyl (C=O) groups excluding carboxylic acids is 3. The molecule has 2 heterocycles. The number of primary amides is 1. The molecule has 0 radical (unpaired) electrons. The first-order chi connectivity index (χ1) is 12.0. The zero-order valence-electron chi connectivity index (χ0n) is 13.4. The number of hydrogen-bond donors (Lipinski definition) is 3. The van der Waals surface area contributed by atoms with E-state index in [1.54, 1.807) is 42.1 Å². The smallest absolute Gasteiger partial charge is 0.268 e. The van der Waals surface area contributed by atoms with Crippen LogP contribution in [0.25, 0.3) is 11.1 Å². The van der Waals surface area contributed by atoms with Crippen LogP contribution in [0, 0.1) is 0 Å². The van der Waals surface area contributed by atoms with Crippen LogP contribution in [0.15, 0.2) is 47.1 Å². The van der Waals surface area contributed by atoms with Crippen molar-refractivity contribution in [2.24, 2.45) is 12.8 Å². The topological polar surface area (TPSA) is 119 Å². The summed E-state index contributed by atoms with van der Waals surface area (Å²) in [6.45, 7) is -0.192. The number of amides is 3. The molecule has 0 aliphatic rings. The van der Waals surface area contributed by atoms with Crippen LogP contribution >= 0.6 is 0 Å². The number of anilines is 1. The Morgan fingerprint density at radius 1 is 1.16 bits per heavy atom. The first-order valence-electron chi connectivity index (χ1n) is 7.46. The lowest BCUT2D eigenvalue weighted by molar-refractivity contribution is -0.115. The molecule has 0 unspecified atom stereocenters. The largest absolute Gasteiger partial charge is 0.463 e. The molecule has 3 aromatic rings. The Bertz CT molecular complexity index is 953. The van der Waals surface area contributed by atoms with Crippen molar-refractivity contribution in [3.63, 3.8) is 0 Å². The van der Waals surface area contributed by atoms with Crippen LogP contribution < -0.4 is 16.4 Å². The molecule has 0 atom stereocenters. The van der Waals surface area contributed by atoms with Gasteiger partial charge in [-0.1, -0.05) is 0 Å². The van der Waals surface area contributed by atoms with Crippen LogP contribution in [0.4, 0.5) is 5.69 Å². The molecule has 0 saturated carbocycles. The van der Waals surface area contributed by atoms with Crippen molar-refractivity contribution in [1.82, 2.24) is 9.88 Å². The zero-order chi connectivity index (χ0) is 18.0. The van der Waals surface area contributed by atoms with E-state index in [2.05, 4.69) is 10.6 Å². The monoisotopic (exact) mass is 340 g/mol. The SMILES string of the molecule is Cn1c(C(=O)NCC(=O)Nc2ccc(C(N)=O)cc2)cc2occc21. The lowest BCUT2D eigenvalue weighted by Gasteiger charge is -2.08. The van der Waals surface area contributed by atoms with Gasteiger partial charge in [-0.2, -0.15) is 0 Å². The highest BCUT2D eigenvalue weighted by molar-refractivity contribution is 6.01. The van der Waals surface area contributed by atoms with E-state index in [4.69, 9.17) is 10.2 Å². The van der Waals surface area contributed by atoms with Crippen LogP contribution in [0.2, 0.25) is 0 Å². The Balaban J connectivity index is 1.58. The number of nitrogens with zero attached hydrogens (tertiary/aromatic N) is 1. The maximum absolute atomic E-state index is 12.2. The van der Waals surface area contributed by atoms with Gasteiger partial charge in [-0.25, -0.2) is 0 Å². The molecule has 2 aromatic heterocycles. The second-order valence-corrected chi connectivity index (χ2v) is 5.43. The second-order valence-electron chi connectivity index (χ2n) is 5.43. The van der Waals surface area contributed by atoms with Crippen molar-refractivity contribution in [2.45, 2.75) is 0 Å². The van der Waals surface area contributed by atoms with Crippen LogP contribution in [-0.2, 0) is 11.8 Å². The third-order valence-electron chi connectivity index (χ3n) is 3.76. The number of furan rings is 1. The Hall–Kier alpha value is -3.55. The molecule has 0 aliphatic heterocycles. The van der Waals surface area contributed by atoms with Gasteiger partial charge in [-0.05, 0) is 24.3 Å². The Morgan fingerprint density at radius 3 is 2.52 bits per heavy atom. The van der Waals surface area contributed by atoms with Crippen LogP contribution in [-0.4, -0.2) is 28.8 Å². The van der Waals surface area contributed by atoms with E-state index in [9.17, 15) is 14.4 Å². The van der Waals surface area contributed by atoms with Gasteiger partial charge in [-0.3, -0.25) is 14.4 Å². The van der Waals surface area contributed by atoms with E-state index >= 15 is 0 Å². The van der Waals surface area contributed by atoms with E-state index in [1.807, 2.05) is 0 Å². The molecule has 128 valence electrons. The predicted molar refractivity (Wildman–Crippen MR) is 91.1 cm³/mol. The van der Waals surface area contributed by atoms with Crippen molar-refractivity contribution < 1.29 is 18.8 Å². The summed E-state index contributed by atoms with van der Waals surface area (Å²) in [4.78, 5) is 35.1. The number of aryl methyl sites for hydroxylation is 1. The minimum Gasteiger partial charge on any atom is -0.463 e. The minimum absolute atomic E-state index is 0.192. The highest BCUT2D eigenvalue weighted by atomic mass is 16.3. The fourth-order valence-electron chi connectivity index (χ4n) is 2.44. The highest BCUT2D eigenvalue weighted by Gasteiger charge is 2.15. The summed E-state index contributed by atoms with van der Waals surface area (Å²) >= 11 is 0. The quantitative estimate of drug-likeness (QED) is 0.647. The lowest BCUT2D eigenvalue weighted by Crippen LogP contribution is -2.33. The second kappa shape index (κ2) is 6.52. The average molecular weight is 340 g/mol. The van der Waals surface area contributed by atoms with Gasteiger partial charge in [0.15, 0.2) is 5.58 Å². The molecule has 0 saturated heterocycles. The van der Waals surface area contributed by atoms with Crippen molar-refractivity contribution >= 4 is 34.5 Å². The molecule has 0 bridgehead atoms. The summed E-state index contributed by atoms with van der Waals surface area (Å²) < 4.78 is 6.94. The zero-order valence-corrected chi connectivity index (χ0v) is 13.4. The van der Waals surface area contributed by atoms with Gasteiger partial charge in [0.2, 0.25) is 11.8 Å². The van der Waals surface area contributed by atoms with E-state index in [0.717, 1.165) is 5.52 Å². The summed E-state index contributed by atoms with van der Waals surface area (Å²) in [5.74, 6) is -1.32. The van der Waals surface area contributed by atoms with Crippen molar-refractivity contribution in [3.8, 4) is 0 Å². The van der Waals surface area contributed by atoms with Gasteiger partial charge in [-0.15, -0.1) is 0 Å². The van der Waals surface area contributed by atoms with Gasteiger partial charge < -0.3 is 25.4 Å². The van der Waals surface area contributed by atoms with E-state index in [-0.39, 0.29) is 12.5 Å². The molecule has 4 N–H and O–H groups in total. The third-order valence-corrected chi connectivity index (χ3v) is 3.76. The maximum Gasteiger partial charge on any atom is 0.268 e. The number of fused-ring (bicyclic) bond motifs is 1. The van der Waals surface area contributed by atoms with Crippen LogP contribution in [0.3, 0.4) is 0 Å². The summed E-state index contributed by atoms with van der Waals surface area (Å²) in [5, 5.41) is 5.17. The van der Waals surface area contributed by atoms with E-state index < -0.39 is 11.8 Å². The molecule has 8 heteroatoms. The van der Waals surface area contributed by atoms with Gasteiger partial charge in [0, 0.05) is 30.4 Å². The Labute approximate surface area is 142 Å². The lowest BCUT2D eigenvalue weighted by atomic mass is 10.2. The van der Waals surface area contributed by atoms with Crippen LogP contribution in [0.5, 0.6) is 0 Å². The predicted octanol–water partition coefficient (Wildman–Crippen LogP) is 1.24. The number of nitrogens with two attached hydrogens (primary N) is 1. The molecule has 1 aromatic carbocycles. The molecular weight excluding hydrogens is 324 g/mol. The molecule has 25 heavy (non-hydrogen) atoms. The third kappa shape index (κ3) is 3.37. The molecular formula is C17H16N4O4. The van der Waals surface area contributed by atoms with Crippen molar-refractivity contribution in [2.75, 3.05) is 11.9 Å². The number of benzene rings is 1. The van der Waals surface area contributed by atoms with Crippen LogP contribution in [0.1, 0.15) is 20.8 Å². The Morgan fingerprint density at radius 2 is 1.88 bits per heavy atom. The maximum atomic E-state index is 12.2. The molecule has 3 amide bonds. The summed E-state index contributed by atoms with van der Waals surface area (Å²) in [6, 6.07) is 9.52. The first kappa shape index (κ1) is 16.3. The fraction of sp³-hybridized carbons (Fsp3) is 0.118. The first-order valence-corrected chi connectivity index (χ1v) is 7.46. The Kier molecular flexibility index (Phi) is 4.25. The molecule has 0 fully saturated rings. The van der Waals surface area contributed by atoms with Crippen molar-refractivity contribution in [1.29, 1.82) is 0 Å². The number of carbonyl (C=O) groups is 3. The summed E-state index contributed by atoms with van der Waals surface area (Å²) in [5.41, 5.74) is 7.79.